The van der Waals surface area contributed by atoms with Gasteiger partial charge in [0.2, 0.25) is 0 Å². The van der Waals surface area contributed by atoms with Crippen molar-refractivity contribution in [2.45, 2.75) is 57.9 Å². The first-order valence-electron chi connectivity index (χ1n) is 11.5. The molecule has 8 heteroatoms. The predicted molar refractivity (Wildman–Crippen MR) is 124 cm³/mol. The standard InChI is InChI=1S/C26H24FN3O4/c1-4-26(33)16-8-20-23-14(10-30(20)24(31)15(16)11-34-25(26)32)22-18(28-5-2)7-6-13-12(3)17(27)9-19(29-23)21(13)22/h5,8-9,18,28,33H,2,4,6-7,10-11H2,1,3H3/t18-,26-/m0/s1. The third-order valence-electron chi connectivity index (χ3n) is 7.70. The maximum absolute atomic E-state index is 14.8. The van der Waals surface area contributed by atoms with Crippen LogP contribution < -0.4 is 10.9 Å². The smallest absolute Gasteiger partial charge is 0.343 e. The molecule has 2 aromatic heterocycles. The normalized spacial score (nSPS) is 22.1. The lowest BCUT2D eigenvalue weighted by Gasteiger charge is -2.31. The van der Waals surface area contributed by atoms with E-state index in [-0.39, 0.29) is 41.6 Å². The number of aliphatic hydroxyl groups is 1. The maximum atomic E-state index is 14.8. The van der Waals surface area contributed by atoms with Crippen LogP contribution in [0, 0.1) is 12.7 Å². The molecule has 2 N–H and O–H groups in total. The molecule has 4 heterocycles. The number of hydrogen-bond acceptors (Lipinski definition) is 6. The molecule has 0 radical (unpaired) electrons. The maximum Gasteiger partial charge on any atom is 0.343 e. The number of hydrogen-bond donors (Lipinski definition) is 2. The molecule has 2 aliphatic heterocycles. The molecule has 7 nitrogen and oxygen atoms in total. The zero-order valence-corrected chi connectivity index (χ0v) is 19.0. The van der Waals surface area contributed by atoms with Gasteiger partial charge in [0.1, 0.15) is 12.4 Å². The molecule has 2 atom stereocenters. The Morgan fingerprint density at radius 2 is 2.15 bits per heavy atom. The van der Waals surface area contributed by atoms with Crippen molar-refractivity contribution < 1.29 is 19.0 Å². The fraction of sp³-hybridized carbons (Fsp3) is 0.346. The van der Waals surface area contributed by atoms with Crippen LogP contribution in [-0.4, -0.2) is 20.6 Å². The van der Waals surface area contributed by atoms with Gasteiger partial charge in [-0.05, 0) is 55.1 Å². The number of halogens is 1. The minimum Gasteiger partial charge on any atom is -0.458 e. The van der Waals surface area contributed by atoms with E-state index in [0.29, 0.717) is 35.4 Å². The Labute approximate surface area is 194 Å². The second-order valence-electron chi connectivity index (χ2n) is 9.27. The first kappa shape index (κ1) is 21.0. The molecule has 0 fully saturated rings. The molecule has 0 bridgehead atoms. The number of fused-ring (bicyclic) bond motifs is 5. The van der Waals surface area contributed by atoms with E-state index in [1.807, 2.05) is 0 Å². The van der Waals surface area contributed by atoms with Crippen molar-refractivity contribution in [2.24, 2.45) is 0 Å². The van der Waals surface area contributed by atoms with Crippen LogP contribution in [0.25, 0.3) is 22.3 Å². The Morgan fingerprint density at radius 3 is 2.88 bits per heavy atom. The third-order valence-corrected chi connectivity index (χ3v) is 7.70. The number of nitrogens with zero attached hydrogens (tertiary/aromatic N) is 2. The fourth-order valence-electron chi connectivity index (χ4n) is 5.86. The second kappa shape index (κ2) is 6.99. The highest BCUT2D eigenvalue weighted by molar-refractivity contribution is 5.93. The summed E-state index contributed by atoms with van der Waals surface area (Å²) in [4.78, 5) is 30.8. The van der Waals surface area contributed by atoms with Crippen LogP contribution in [0.1, 0.15) is 59.2 Å². The van der Waals surface area contributed by atoms with Gasteiger partial charge in [-0.3, -0.25) is 4.79 Å². The van der Waals surface area contributed by atoms with E-state index < -0.39 is 11.6 Å². The molecule has 1 aromatic carbocycles. The zero-order valence-electron chi connectivity index (χ0n) is 19.0. The van der Waals surface area contributed by atoms with Crippen LogP contribution in [0.4, 0.5) is 4.39 Å². The molecule has 174 valence electrons. The molecule has 0 spiro atoms. The number of rotatable bonds is 3. The van der Waals surface area contributed by atoms with E-state index in [1.165, 1.54) is 6.07 Å². The van der Waals surface area contributed by atoms with Gasteiger partial charge in [0.05, 0.1) is 35.1 Å². The van der Waals surface area contributed by atoms with Gasteiger partial charge in [0.15, 0.2) is 5.60 Å². The van der Waals surface area contributed by atoms with E-state index in [9.17, 15) is 19.1 Å². The largest absolute Gasteiger partial charge is 0.458 e. The van der Waals surface area contributed by atoms with Gasteiger partial charge in [-0.1, -0.05) is 13.5 Å². The number of benzene rings is 1. The number of aromatic nitrogens is 2. The lowest BCUT2D eigenvalue weighted by molar-refractivity contribution is -0.172. The molecule has 0 amide bonds. The van der Waals surface area contributed by atoms with Crippen molar-refractivity contribution in [2.75, 3.05) is 0 Å². The molecular formula is C26H24FN3O4. The van der Waals surface area contributed by atoms with Crippen molar-refractivity contribution in [1.82, 2.24) is 14.9 Å². The summed E-state index contributed by atoms with van der Waals surface area (Å²) in [7, 11) is 0. The van der Waals surface area contributed by atoms with Gasteiger partial charge in [-0.25, -0.2) is 14.2 Å². The summed E-state index contributed by atoms with van der Waals surface area (Å²) in [5.41, 5.74) is 3.44. The minimum atomic E-state index is -1.89. The molecule has 0 saturated carbocycles. The van der Waals surface area contributed by atoms with Gasteiger partial charge in [-0.2, -0.15) is 0 Å². The van der Waals surface area contributed by atoms with Crippen LogP contribution in [0.5, 0.6) is 0 Å². The van der Waals surface area contributed by atoms with Crippen LogP contribution in [0.3, 0.4) is 0 Å². The van der Waals surface area contributed by atoms with Crippen LogP contribution >= 0.6 is 0 Å². The van der Waals surface area contributed by atoms with Gasteiger partial charge >= 0.3 is 5.97 Å². The topological polar surface area (TPSA) is 93.5 Å². The Morgan fingerprint density at radius 1 is 1.35 bits per heavy atom. The summed E-state index contributed by atoms with van der Waals surface area (Å²) in [6, 6.07) is 3.08. The molecule has 6 rings (SSSR count). The number of pyridine rings is 2. The fourth-order valence-corrected chi connectivity index (χ4v) is 5.86. The highest BCUT2D eigenvalue weighted by atomic mass is 19.1. The Hall–Kier alpha value is -3.52. The minimum absolute atomic E-state index is 0.0498. The molecular weight excluding hydrogens is 437 g/mol. The number of carbonyl (C=O) groups is 1. The highest BCUT2D eigenvalue weighted by Gasteiger charge is 2.45. The summed E-state index contributed by atoms with van der Waals surface area (Å²) < 4.78 is 21.6. The molecule has 0 saturated heterocycles. The Balaban J connectivity index is 1.69. The van der Waals surface area contributed by atoms with Gasteiger partial charge in [0.25, 0.3) is 5.56 Å². The molecule has 3 aliphatic rings. The molecule has 1 aliphatic carbocycles. The average Bonchev–Trinajstić information content (AvgIpc) is 3.19. The summed E-state index contributed by atoms with van der Waals surface area (Å²) in [6.07, 6.45) is 3.20. The van der Waals surface area contributed by atoms with Crippen molar-refractivity contribution >= 4 is 16.9 Å². The average molecular weight is 461 g/mol. The Bertz CT molecular complexity index is 1510. The SMILES string of the molecule is C=CN[C@H]1CCc2c(C)c(F)cc3nc4c(c1c23)Cn1c-4cc2c(c1=O)COC(=O)[C@]2(O)CC. The molecule has 0 unspecified atom stereocenters. The quantitative estimate of drug-likeness (QED) is 0.455. The van der Waals surface area contributed by atoms with Crippen LogP contribution in [0.2, 0.25) is 0 Å². The van der Waals surface area contributed by atoms with Gasteiger partial charge in [0, 0.05) is 22.6 Å². The third kappa shape index (κ3) is 2.51. The number of nitrogens with one attached hydrogen (secondary N) is 1. The Kier molecular flexibility index (Phi) is 4.33. The highest BCUT2D eigenvalue weighted by Crippen LogP contribution is 2.45. The van der Waals surface area contributed by atoms with Crippen LogP contribution in [-0.2, 0) is 34.7 Å². The van der Waals surface area contributed by atoms with E-state index in [2.05, 4.69) is 11.9 Å². The number of cyclic esters (lactones) is 1. The lowest BCUT2D eigenvalue weighted by Crippen LogP contribution is -2.44. The molecule has 3 aromatic rings. The summed E-state index contributed by atoms with van der Waals surface area (Å²) in [6.45, 7) is 7.41. The van der Waals surface area contributed by atoms with Crippen molar-refractivity contribution in [3.8, 4) is 11.4 Å². The van der Waals surface area contributed by atoms with Crippen molar-refractivity contribution in [3.05, 3.63) is 74.5 Å². The van der Waals surface area contributed by atoms with E-state index >= 15 is 0 Å². The second-order valence-corrected chi connectivity index (χ2v) is 9.27. The van der Waals surface area contributed by atoms with Crippen molar-refractivity contribution in [3.63, 3.8) is 0 Å². The predicted octanol–water partition coefficient (Wildman–Crippen LogP) is 3.25. The van der Waals surface area contributed by atoms with Gasteiger partial charge in [-0.15, -0.1) is 0 Å². The number of esters is 1. The summed E-state index contributed by atoms with van der Waals surface area (Å²) in [5, 5.41) is 15.3. The van der Waals surface area contributed by atoms with Crippen molar-refractivity contribution in [1.29, 1.82) is 0 Å². The van der Waals surface area contributed by atoms with E-state index in [1.54, 1.807) is 30.7 Å². The molecule has 34 heavy (non-hydrogen) atoms. The van der Waals surface area contributed by atoms with Gasteiger partial charge < -0.3 is 19.7 Å². The monoisotopic (exact) mass is 461 g/mol. The zero-order chi connectivity index (χ0) is 23.9. The number of ether oxygens (including phenoxy) is 1. The van der Waals surface area contributed by atoms with E-state index in [0.717, 1.165) is 28.5 Å². The van der Waals surface area contributed by atoms with Crippen LogP contribution in [0.15, 0.2) is 29.7 Å². The summed E-state index contributed by atoms with van der Waals surface area (Å²) >= 11 is 0. The first-order chi connectivity index (χ1) is 16.3. The number of carbonyl (C=O) groups excluding carboxylic acids is 1. The first-order valence-corrected chi connectivity index (χ1v) is 11.5. The number of aryl methyl sites for hydroxylation is 1. The lowest BCUT2D eigenvalue weighted by atomic mass is 9.81. The van der Waals surface area contributed by atoms with E-state index in [4.69, 9.17) is 9.72 Å². The summed E-state index contributed by atoms with van der Waals surface area (Å²) in [5.74, 6) is -1.07.